The Hall–Kier alpha value is -0.360. The second-order valence-electron chi connectivity index (χ2n) is 8.29. The van der Waals surface area contributed by atoms with Crippen molar-refractivity contribution < 1.29 is 44.8 Å². The van der Waals surface area contributed by atoms with Crippen molar-refractivity contribution in [3.8, 4) is 0 Å². The zero-order valence-corrected chi connectivity index (χ0v) is 15.6. The number of aliphatic hydroxyl groups is 6. The van der Waals surface area contributed by atoms with E-state index < -0.39 is 79.7 Å². The third-order valence-electron chi connectivity index (χ3n) is 5.24. The van der Waals surface area contributed by atoms with Crippen LogP contribution < -0.4 is 0 Å². The van der Waals surface area contributed by atoms with E-state index in [1.165, 1.54) is 0 Å². The molecule has 6 N–H and O–H groups in total. The van der Waals surface area contributed by atoms with Gasteiger partial charge in [-0.1, -0.05) is 27.7 Å². The Morgan fingerprint density at radius 2 is 1.38 bits per heavy atom. The van der Waals surface area contributed by atoms with E-state index >= 15 is 0 Å². The van der Waals surface area contributed by atoms with E-state index in [1.807, 2.05) is 20.8 Å². The second-order valence-corrected chi connectivity index (χ2v) is 8.29. The highest BCUT2D eigenvalue weighted by Crippen LogP contribution is 2.36. The van der Waals surface area contributed by atoms with Gasteiger partial charge in [-0.25, -0.2) is 0 Å². The van der Waals surface area contributed by atoms with Crippen LogP contribution in [0.1, 0.15) is 27.7 Å². The van der Waals surface area contributed by atoms with Crippen molar-refractivity contribution in [2.24, 2.45) is 11.3 Å². The van der Waals surface area contributed by atoms with E-state index in [-0.39, 0.29) is 0 Å². The van der Waals surface area contributed by atoms with Crippen LogP contribution in [0.5, 0.6) is 0 Å². The SMILES string of the molecule is C[C@@H]1C(O)[C@H](O[C@@H]2C(CO)O[C@@H](C(C)(C)C)C(O)[C@H]2O)OC(CO)[C@@H]1O. The van der Waals surface area contributed by atoms with Crippen molar-refractivity contribution in [3.63, 3.8) is 0 Å². The molecule has 0 aromatic heterocycles. The molecule has 0 aromatic carbocycles. The van der Waals surface area contributed by atoms with E-state index in [4.69, 9.17) is 14.2 Å². The van der Waals surface area contributed by atoms with Crippen molar-refractivity contribution in [2.45, 2.75) is 82.8 Å². The van der Waals surface area contributed by atoms with Crippen LogP contribution in [0.4, 0.5) is 0 Å². The van der Waals surface area contributed by atoms with Gasteiger partial charge in [-0.05, 0) is 5.41 Å². The molecular formula is C17H32O9. The highest BCUT2D eigenvalue weighted by Gasteiger charge is 2.51. The van der Waals surface area contributed by atoms with Crippen molar-refractivity contribution in [1.29, 1.82) is 0 Å². The second kappa shape index (κ2) is 8.34. The summed E-state index contributed by atoms with van der Waals surface area (Å²) in [6, 6.07) is 0. The molecule has 0 saturated carbocycles. The normalized spacial score (nSPS) is 47.8. The van der Waals surface area contributed by atoms with Crippen molar-refractivity contribution in [3.05, 3.63) is 0 Å². The predicted molar refractivity (Wildman–Crippen MR) is 89.0 cm³/mol. The Kier molecular flexibility index (Phi) is 7.03. The van der Waals surface area contributed by atoms with Crippen LogP contribution in [0.2, 0.25) is 0 Å². The standard InChI is InChI=1S/C17H32O9/c1-7-10(20)8(5-18)25-16(11(7)21)26-14-9(6-19)24-15(17(2,3)4)13(23)12(14)22/h7-16,18-23H,5-6H2,1-4H3/t7-,8?,9?,10+,11?,12+,13?,14+,15+,16-/m0/s1. The predicted octanol–water partition coefficient (Wildman–Crippen LogP) is -2.03. The van der Waals surface area contributed by atoms with Crippen molar-refractivity contribution >= 4 is 0 Å². The molecule has 154 valence electrons. The molecule has 2 aliphatic rings. The van der Waals surface area contributed by atoms with Gasteiger partial charge >= 0.3 is 0 Å². The monoisotopic (exact) mass is 380 g/mol. The number of hydrogen-bond acceptors (Lipinski definition) is 9. The first-order chi connectivity index (χ1) is 12.0. The molecule has 2 heterocycles. The highest BCUT2D eigenvalue weighted by atomic mass is 16.7. The molecule has 2 saturated heterocycles. The van der Waals surface area contributed by atoms with Gasteiger partial charge in [0.15, 0.2) is 6.29 Å². The molecule has 2 aliphatic heterocycles. The molecule has 9 heteroatoms. The first-order valence-corrected chi connectivity index (χ1v) is 8.93. The Labute approximate surface area is 153 Å². The van der Waals surface area contributed by atoms with E-state index in [9.17, 15) is 30.6 Å². The zero-order chi connectivity index (χ0) is 19.8. The molecule has 0 bridgehead atoms. The van der Waals surface area contributed by atoms with Gasteiger partial charge in [0.1, 0.15) is 36.6 Å². The van der Waals surface area contributed by atoms with Crippen LogP contribution >= 0.6 is 0 Å². The molecule has 0 amide bonds. The third kappa shape index (κ3) is 4.21. The summed E-state index contributed by atoms with van der Waals surface area (Å²) in [7, 11) is 0. The van der Waals surface area contributed by atoms with Crippen LogP contribution in [-0.4, -0.2) is 99.0 Å². The maximum absolute atomic E-state index is 10.5. The maximum Gasteiger partial charge on any atom is 0.184 e. The van der Waals surface area contributed by atoms with Crippen molar-refractivity contribution in [1.82, 2.24) is 0 Å². The van der Waals surface area contributed by atoms with Crippen LogP contribution in [0, 0.1) is 11.3 Å². The van der Waals surface area contributed by atoms with Gasteiger partial charge in [0.05, 0.1) is 25.4 Å². The maximum atomic E-state index is 10.5. The highest BCUT2D eigenvalue weighted by molar-refractivity contribution is 4.98. The summed E-state index contributed by atoms with van der Waals surface area (Å²) in [5.41, 5.74) is -0.486. The van der Waals surface area contributed by atoms with Crippen LogP contribution in [0.3, 0.4) is 0 Å². The Bertz CT molecular complexity index is 450. The van der Waals surface area contributed by atoms with Gasteiger partial charge < -0.3 is 44.8 Å². The fraction of sp³-hybridized carbons (Fsp3) is 1.00. The lowest BCUT2D eigenvalue weighted by Crippen LogP contribution is -2.64. The lowest BCUT2D eigenvalue weighted by molar-refractivity contribution is -0.339. The topological polar surface area (TPSA) is 149 Å². The molecule has 2 rings (SSSR count). The van der Waals surface area contributed by atoms with Gasteiger partial charge in [-0.3, -0.25) is 0 Å². The van der Waals surface area contributed by atoms with Crippen LogP contribution in [0.15, 0.2) is 0 Å². The first kappa shape index (κ1) is 21.9. The molecule has 10 atom stereocenters. The lowest BCUT2D eigenvalue weighted by atomic mass is 9.80. The summed E-state index contributed by atoms with van der Waals surface area (Å²) < 4.78 is 16.8. The summed E-state index contributed by atoms with van der Waals surface area (Å²) >= 11 is 0. The number of aliphatic hydroxyl groups excluding tert-OH is 6. The molecule has 0 spiro atoms. The molecule has 9 nitrogen and oxygen atoms in total. The first-order valence-electron chi connectivity index (χ1n) is 8.93. The van der Waals surface area contributed by atoms with Gasteiger partial charge in [0.25, 0.3) is 0 Å². The van der Waals surface area contributed by atoms with E-state index in [0.717, 1.165) is 0 Å². The number of rotatable bonds is 4. The van der Waals surface area contributed by atoms with Crippen LogP contribution in [0.25, 0.3) is 0 Å². The summed E-state index contributed by atoms with van der Waals surface area (Å²) in [6.07, 6.45) is -9.99. The Balaban J connectivity index is 2.16. The van der Waals surface area contributed by atoms with E-state index in [0.29, 0.717) is 0 Å². The van der Waals surface area contributed by atoms with Gasteiger partial charge in [-0.15, -0.1) is 0 Å². The number of ether oxygens (including phenoxy) is 3. The summed E-state index contributed by atoms with van der Waals surface area (Å²) in [6.45, 7) is 6.16. The summed E-state index contributed by atoms with van der Waals surface area (Å²) in [4.78, 5) is 0. The smallest absolute Gasteiger partial charge is 0.184 e. The van der Waals surface area contributed by atoms with Crippen molar-refractivity contribution in [2.75, 3.05) is 13.2 Å². The Morgan fingerprint density at radius 3 is 1.88 bits per heavy atom. The third-order valence-corrected chi connectivity index (χ3v) is 5.24. The zero-order valence-electron chi connectivity index (χ0n) is 15.6. The minimum absolute atomic E-state index is 0.467. The molecule has 4 unspecified atom stereocenters. The number of hydrogen-bond donors (Lipinski definition) is 6. The molecule has 0 aliphatic carbocycles. The van der Waals surface area contributed by atoms with E-state index in [2.05, 4.69) is 0 Å². The largest absolute Gasteiger partial charge is 0.394 e. The molecule has 2 fully saturated rings. The molecular weight excluding hydrogens is 348 g/mol. The average molecular weight is 380 g/mol. The van der Waals surface area contributed by atoms with Gasteiger partial charge in [-0.2, -0.15) is 0 Å². The lowest BCUT2D eigenvalue weighted by Gasteiger charge is -2.49. The average Bonchev–Trinajstić information content (AvgIpc) is 2.58. The van der Waals surface area contributed by atoms with E-state index in [1.54, 1.807) is 6.92 Å². The minimum atomic E-state index is -1.38. The molecule has 26 heavy (non-hydrogen) atoms. The van der Waals surface area contributed by atoms with Gasteiger partial charge in [0, 0.05) is 5.92 Å². The summed E-state index contributed by atoms with van der Waals surface area (Å²) in [5, 5.41) is 60.2. The quantitative estimate of drug-likeness (QED) is 0.325. The minimum Gasteiger partial charge on any atom is -0.394 e. The van der Waals surface area contributed by atoms with Gasteiger partial charge in [0.2, 0.25) is 0 Å². The Morgan fingerprint density at radius 1 is 0.808 bits per heavy atom. The summed E-state index contributed by atoms with van der Waals surface area (Å²) in [5.74, 6) is -0.646. The molecule has 0 aromatic rings. The fourth-order valence-corrected chi connectivity index (χ4v) is 3.51. The molecule has 0 radical (unpaired) electrons. The fourth-order valence-electron chi connectivity index (χ4n) is 3.51. The van der Waals surface area contributed by atoms with Crippen LogP contribution in [-0.2, 0) is 14.2 Å².